The third kappa shape index (κ3) is 4.39. The molecule has 1 aliphatic heterocycles. The molecular formula is C19H20Cl2N2O3S. The summed E-state index contributed by atoms with van der Waals surface area (Å²) in [6.45, 7) is 2.29. The Morgan fingerprint density at radius 1 is 1.19 bits per heavy atom. The van der Waals surface area contributed by atoms with E-state index < -0.39 is 15.9 Å². The summed E-state index contributed by atoms with van der Waals surface area (Å²) >= 11 is 12.0. The Balaban J connectivity index is 1.91. The molecule has 0 spiro atoms. The molecule has 0 atom stereocenters. The number of nitrogens with zero attached hydrogens (tertiary/aromatic N) is 1. The van der Waals surface area contributed by atoms with Crippen molar-refractivity contribution in [2.45, 2.75) is 26.2 Å². The Bertz CT molecular complexity index is 977. The first-order valence-corrected chi connectivity index (χ1v) is 11.1. The summed E-state index contributed by atoms with van der Waals surface area (Å²) in [5, 5.41) is 3.48. The van der Waals surface area contributed by atoms with E-state index in [-0.39, 0.29) is 11.3 Å². The van der Waals surface area contributed by atoms with Crippen LogP contribution in [0.25, 0.3) is 0 Å². The van der Waals surface area contributed by atoms with Crippen LogP contribution >= 0.6 is 23.2 Å². The van der Waals surface area contributed by atoms with Crippen molar-refractivity contribution in [3.8, 4) is 0 Å². The molecule has 0 bridgehead atoms. The highest BCUT2D eigenvalue weighted by Gasteiger charge is 2.27. The van der Waals surface area contributed by atoms with Gasteiger partial charge in [-0.2, -0.15) is 0 Å². The quantitative estimate of drug-likeness (QED) is 0.750. The molecule has 1 heterocycles. The Morgan fingerprint density at radius 2 is 1.96 bits per heavy atom. The van der Waals surface area contributed by atoms with Crippen LogP contribution in [0.1, 0.15) is 35.7 Å². The van der Waals surface area contributed by atoms with Crippen LogP contribution in [-0.4, -0.2) is 26.6 Å². The minimum absolute atomic E-state index is 0.0984. The van der Waals surface area contributed by atoms with Gasteiger partial charge in [-0.25, -0.2) is 8.42 Å². The van der Waals surface area contributed by atoms with Crippen molar-refractivity contribution in [2.24, 2.45) is 0 Å². The second kappa shape index (κ2) is 8.09. The number of aryl methyl sites for hydroxylation is 1. The molecule has 0 unspecified atom stereocenters. The summed E-state index contributed by atoms with van der Waals surface area (Å²) < 4.78 is 26.6. The molecule has 144 valence electrons. The van der Waals surface area contributed by atoms with Gasteiger partial charge in [-0.1, -0.05) is 36.2 Å². The van der Waals surface area contributed by atoms with Crippen molar-refractivity contribution in [3.63, 3.8) is 0 Å². The first-order chi connectivity index (χ1) is 12.8. The van der Waals surface area contributed by atoms with Crippen molar-refractivity contribution in [1.82, 2.24) is 0 Å². The highest BCUT2D eigenvalue weighted by atomic mass is 35.5. The normalized spacial score (nSPS) is 14.0. The van der Waals surface area contributed by atoms with Gasteiger partial charge >= 0.3 is 0 Å². The van der Waals surface area contributed by atoms with Gasteiger partial charge in [0.05, 0.1) is 22.0 Å². The Hall–Kier alpha value is -1.76. The number of hydrogen-bond acceptors (Lipinski definition) is 3. The first kappa shape index (κ1) is 20.0. The van der Waals surface area contributed by atoms with E-state index >= 15 is 0 Å². The molecule has 5 nitrogen and oxygen atoms in total. The lowest BCUT2D eigenvalue weighted by Gasteiger charge is -2.31. The molecule has 1 aliphatic rings. The maximum Gasteiger partial charge on any atom is 0.257 e. The zero-order valence-corrected chi connectivity index (χ0v) is 17.2. The average molecular weight is 427 g/mol. The number of hydrogen-bond donors (Lipinski definition) is 1. The summed E-state index contributed by atoms with van der Waals surface area (Å²) in [6, 6.07) is 10.00. The third-order valence-corrected chi connectivity index (χ3v) is 6.93. The molecule has 2 aromatic carbocycles. The highest BCUT2D eigenvalue weighted by Crippen LogP contribution is 2.33. The molecule has 0 aliphatic carbocycles. The van der Waals surface area contributed by atoms with E-state index in [2.05, 4.69) is 5.32 Å². The molecule has 0 fully saturated rings. The predicted molar refractivity (Wildman–Crippen MR) is 111 cm³/mol. The van der Waals surface area contributed by atoms with Gasteiger partial charge in [0, 0.05) is 17.3 Å². The summed E-state index contributed by atoms with van der Waals surface area (Å²) in [7, 11) is -3.37. The second-order valence-electron chi connectivity index (χ2n) is 6.41. The fourth-order valence-electron chi connectivity index (χ4n) is 3.15. The maximum atomic E-state index is 12.6. The van der Waals surface area contributed by atoms with Crippen LogP contribution in [-0.2, 0) is 16.4 Å². The lowest BCUT2D eigenvalue weighted by Crippen LogP contribution is -2.37. The molecule has 1 N–H and O–H groups in total. The van der Waals surface area contributed by atoms with Crippen molar-refractivity contribution in [2.75, 3.05) is 21.9 Å². The average Bonchev–Trinajstić information content (AvgIpc) is 2.63. The van der Waals surface area contributed by atoms with Gasteiger partial charge in [0.1, 0.15) is 0 Å². The van der Waals surface area contributed by atoms with E-state index in [1.807, 2.05) is 13.0 Å². The van der Waals surface area contributed by atoms with Gasteiger partial charge in [-0.05, 0) is 55.2 Å². The van der Waals surface area contributed by atoms with Gasteiger partial charge in [-0.15, -0.1) is 0 Å². The van der Waals surface area contributed by atoms with Crippen LogP contribution in [0.15, 0.2) is 36.4 Å². The Morgan fingerprint density at radius 3 is 2.70 bits per heavy atom. The molecule has 0 saturated heterocycles. The van der Waals surface area contributed by atoms with Crippen LogP contribution in [0.5, 0.6) is 0 Å². The second-order valence-corrected chi connectivity index (χ2v) is 9.27. The Labute approximate surface area is 169 Å². The number of halogens is 2. The highest BCUT2D eigenvalue weighted by molar-refractivity contribution is 7.92. The molecule has 2 aromatic rings. The smallest absolute Gasteiger partial charge is 0.257 e. The fraction of sp³-hybridized carbons (Fsp3) is 0.316. The van der Waals surface area contributed by atoms with Gasteiger partial charge < -0.3 is 5.32 Å². The van der Waals surface area contributed by atoms with Gasteiger partial charge in [0.2, 0.25) is 10.0 Å². The number of anilines is 2. The SMILES string of the molecule is CCCS(=O)(=O)N1CCCc2ccc(NC(=O)c3cc(Cl)ccc3Cl)cc21. The molecule has 3 rings (SSSR count). The van der Waals surface area contributed by atoms with Crippen LogP contribution < -0.4 is 9.62 Å². The van der Waals surface area contributed by atoms with E-state index in [4.69, 9.17) is 23.2 Å². The standard InChI is InChI=1S/C19H20Cl2N2O3S/c1-2-10-27(25,26)23-9-3-4-13-5-7-15(12-18(13)23)22-19(24)16-11-14(20)6-8-17(16)21/h5-8,11-12H,2-4,9-10H2,1H3,(H,22,24). The monoisotopic (exact) mass is 426 g/mol. The zero-order valence-electron chi connectivity index (χ0n) is 14.8. The molecule has 0 aromatic heterocycles. The van der Waals surface area contributed by atoms with Crippen molar-refractivity contribution in [1.29, 1.82) is 0 Å². The summed E-state index contributed by atoms with van der Waals surface area (Å²) in [5.41, 5.74) is 2.36. The number of fused-ring (bicyclic) bond motifs is 1. The molecule has 0 radical (unpaired) electrons. The number of benzene rings is 2. The van der Waals surface area contributed by atoms with E-state index in [0.29, 0.717) is 34.4 Å². The lowest BCUT2D eigenvalue weighted by atomic mass is 10.0. The number of rotatable bonds is 5. The van der Waals surface area contributed by atoms with Crippen molar-refractivity contribution in [3.05, 3.63) is 57.6 Å². The van der Waals surface area contributed by atoms with Gasteiger partial charge in [0.15, 0.2) is 0 Å². The van der Waals surface area contributed by atoms with Gasteiger partial charge in [0.25, 0.3) is 5.91 Å². The summed E-state index contributed by atoms with van der Waals surface area (Å²) in [6.07, 6.45) is 2.14. The molecule has 0 saturated carbocycles. The minimum Gasteiger partial charge on any atom is -0.322 e. The van der Waals surface area contributed by atoms with Crippen LogP contribution in [0.3, 0.4) is 0 Å². The topological polar surface area (TPSA) is 66.5 Å². The van der Waals surface area contributed by atoms with Crippen molar-refractivity contribution < 1.29 is 13.2 Å². The number of carbonyl (C=O) groups is 1. The number of carbonyl (C=O) groups excluding carboxylic acids is 1. The lowest BCUT2D eigenvalue weighted by molar-refractivity contribution is 0.102. The zero-order chi connectivity index (χ0) is 19.6. The van der Waals surface area contributed by atoms with E-state index in [1.54, 1.807) is 24.3 Å². The van der Waals surface area contributed by atoms with Crippen LogP contribution in [0.4, 0.5) is 11.4 Å². The van der Waals surface area contributed by atoms with E-state index in [0.717, 1.165) is 18.4 Å². The molecule has 1 amide bonds. The number of sulfonamides is 1. The predicted octanol–water partition coefficient (Wildman–Crippen LogP) is 4.74. The van der Waals surface area contributed by atoms with Crippen LogP contribution in [0, 0.1) is 0 Å². The largest absolute Gasteiger partial charge is 0.322 e. The summed E-state index contributed by atoms with van der Waals surface area (Å²) in [5.74, 6) is -0.303. The molecule has 27 heavy (non-hydrogen) atoms. The first-order valence-electron chi connectivity index (χ1n) is 8.71. The maximum absolute atomic E-state index is 12.6. The van der Waals surface area contributed by atoms with Gasteiger partial charge in [-0.3, -0.25) is 9.10 Å². The Kier molecular flexibility index (Phi) is 5.99. The fourth-order valence-corrected chi connectivity index (χ4v) is 5.13. The summed E-state index contributed by atoms with van der Waals surface area (Å²) in [4.78, 5) is 12.6. The van der Waals surface area contributed by atoms with E-state index in [1.165, 1.54) is 10.4 Å². The molecular weight excluding hydrogens is 407 g/mol. The van der Waals surface area contributed by atoms with Crippen molar-refractivity contribution >= 4 is 50.5 Å². The van der Waals surface area contributed by atoms with E-state index in [9.17, 15) is 13.2 Å². The molecule has 8 heteroatoms. The number of nitrogens with one attached hydrogen (secondary N) is 1. The number of amides is 1. The minimum atomic E-state index is -3.37. The third-order valence-electron chi connectivity index (χ3n) is 4.39. The van der Waals surface area contributed by atoms with Crippen LogP contribution in [0.2, 0.25) is 10.0 Å².